The van der Waals surface area contributed by atoms with Gasteiger partial charge < -0.3 is 5.11 Å². The molecule has 5 aliphatic rings. The lowest BCUT2D eigenvalue weighted by Gasteiger charge is -2.71. The van der Waals surface area contributed by atoms with E-state index in [0.29, 0.717) is 35.9 Å². The Hall–Kier alpha value is -1.22. The van der Waals surface area contributed by atoms with Crippen molar-refractivity contribution >= 4 is 12.1 Å². The van der Waals surface area contributed by atoms with Gasteiger partial charge in [-0.15, -0.1) is 0 Å². The van der Waals surface area contributed by atoms with Crippen molar-refractivity contribution in [3.63, 3.8) is 0 Å². The van der Waals surface area contributed by atoms with Crippen molar-refractivity contribution in [1.82, 2.24) is 0 Å². The van der Waals surface area contributed by atoms with Crippen LogP contribution in [0.3, 0.4) is 0 Å². The van der Waals surface area contributed by atoms with Crippen LogP contribution in [0.25, 0.3) is 0 Å². The lowest BCUT2D eigenvalue weighted by atomic mass is 9.33. The van der Waals surface area contributed by atoms with Gasteiger partial charge in [0.2, 0.25) is 0 Å². The summed E-state index contributed by atoms with van der Waals surface area (Å²) >= 11 is 0. The van der Waals surface area contributed by atoms with Gasteiger partial charge in [0.15, 0.2) is 12.1 Å². The quantitative estimate of drug-likeness (QED) is 0.291. The maximum Gasteiger partial charge on any atom is 0.171 e. The van der Waals surface area contributed by atoms with Gasteiger partial charge in [-0.2, -0.15) is 0 Å². The first-order valence-electron chi connectivity index (χ1n) is 13.8. The summed E-state index contributed by atoms with van der Waals surface area (Å²) < 4.78 is 0. The Morgan fingerprint density at radius 1 is 1.00 bits per heavy atom. The highest BCUT2D eigenvalue weighted by Gasteiger charge is 2.70. The van der Waals surface area contributed by atoms with Gasteiger partial charge in [0.05, 0.1) is 5.57 Å². The Labute approximate surface area is 206 Å². The number of aliphatic hydroxyl groups excluding tert-OH is 1. The van der Waals surface area contributed by atoms with Gasteiger partial charge in [-0.1, -0.05) is 52.8 Å². The Morgan fingerprint density at radius 2 is 1.71 bits per heavy atom. The number of rotatable bonds is 3. The van der Waals surface area contributed by atoms with Crippen LogP contribution >= 0.6 is 0 Å². The van der Waals surface area contributed by atoms with Crippen molar-refractivity contribution in [3.8, 4) is 0 Å². The van der Waals surface area contributed by atoms with Crippen LogP contribution in [0.2, 0.25) is 0 Å². The molecule has 5 rings (SSSR count). The molecular weight excluding hydrogens is 420 g/mol. The number of ketones is 1. The van der Waals surface area contributed by atoms with E-state index in [9.17, 15) is 14.7 Å². The van der Waals surface area contributed by atoms with E-state index in [4.69, 9.17) is 0 Å². The van der Waals surface area contributed by atoms with E-state index in [1.165, 1.54) is 24.8 Å². The summed E-state index contributed by atoms with van der Waals surface area (Å²) in [6.45, 7) is 18.6. The number of hydrogen-bond acceptors (Lipinski definition) is 3. The van der Waals surface area contributed by atoms with E-state index in [-0.39, 0.29) is 33.4 Å². The first kappa shape index (κ1) is 24.5. The van der Waals surface area contributed by atoms with E-state index in [2.05, 4.69) is 54.2 Å². The molecule has 0 aromatic heterocycles. The molecule has 0 aromatic rings. The number of fused-ring (bicyclic) bond motifs is 7. The third-order valence-corrected chi connectivity index (χ3v) is 13.0. The fraction of sp³-hybridized carbons (Fsp3) is 0.806. The molecule has 5 aliphatic carbocycles. The normalized spacial score (nSPS) is 51.4. The maximum absolute atomic E-state index is 13.2. The second-order valence-electron chi connectivity index (χ2n) is 14.3. The molecule has 0 radical (unpaired) electrons. The summed E-state index contributed by atoms with van der Waals surface area (Å²) in [4.78, 5) is 25.1. The highest BCUT2D eigenvalue weighted by atomic mass is 16.3. The third-order valence-electron chi connectivity index (χ3n) is 13.0. The van der Waals surface area contributed by atoms with E-state index >= 15 is 0 Å². The van der Waals surface area contributed by atoms with Gasteiger partial charge in [0.25, 0.3) is 0 Å². The molecule has 0 aromatic carbocycles. The minimum absolute atomic E-state index is 0.0362. The monoisotopic (exact) mass is 466 g/mol. The lowest BCUT2D eigenvalue weighted by Crippen LogP contribution is -2.66. The second-order valence-corrected chi connectivity index (χ2v) is 14.3. The van der Waals surface area contributed by atoms with E-state index in [0.717, 1.165) is 38.4 Å². The van der Waals surface area contributed by atoms with Gasteiger partial charge >= 0.3 is 0 Å². The summed E-state index contributed by atoms with van der Waals surface area (Å²) in [7, 11) is 0. The lowest BCUT2D eigenvalue weighted by molar-refractivity contribution is -0.221. The van der Waals surface area contributed by atoms with Crippen molar-refractivity contribution in [1.29, 1.82) is 0 Å². The highest BCUT2D eigenvalue weighted by Crippen LogP contribution is 2.76. The summed E-state index contributed by atoms with van der Waals surface area (Å²) in [5, 5.41) is 10.7. The van der Waals surface area contributed by atoms with Crippen LogP contribution < -0.4 is 0 Å². The zero-order valence-corrected chi connectivity index (χ0v) is 22.4. The molecule has 0 saturated heterocycles. The molecule has 3 nitrogen and oxygen atoms in total. The van der Waals surface area contributed by atoms with Gasteiger partial charge in [0, 0.05) is 12.0 Å². The Kier molecular flexibility index (Phi) is 5.33. The Morgan fingerprint density at radius 3 is 2.32 bits per heavy atom. The summed E-state index contributed by atoms with van der Waals surface area (Å²) in [6.07, 6.45) is 12.1. The minimum Gasteiger partial charge on any atom is -0.396 e. The third kappa shape index (κ3) is 2.74. The fourth-order valence-electron chi connectivity index (χ4n) is 11.2. The number of hydrogen-bond donors (Lipinski definition) is 1. The van der Waals surface area contributed by atoms with Crippen LogP contribution in [0.5, 0.6) is 0 Å². The predicted molar refractivity (Wildman–Crippen MR) is 136 cm³/mol. The molecule has 4 fully saturated rings. The van der Waals surface area contributed by atoms with Crippen molar-refractivity contribution in [2.24, 2.45) is 56.7 Å². The van der Waals surface area contributed by atoms with Gasteiger partial charge in [-0.05, 0) is 110 Å². The number of carbonyl (C=O) groups is 2. The van der Waals surface area contributed by atoms with Gasteiger partial charge in [-0.25, -0.2) is 0 Å². The Bertz CT molecular complexity index is 960. The summed E-state index contributed by atoms with van der Waals surface area (Å²) in [5.74, 6) is 2.44. The van der Waals surface area contributed by atoms with Gasteiger partial charge in [-0.3, -0.25) is 9.59 Å². The number of aldehydes is 1. The summed E-state index contributed by atoms with van der Waals surface area (Å²) in [5.41, 5.74) is 1.51. The molecule has 188 valence electrons. The first-order valence-corrected chi connectivity index (χ1v) is 13.8. The largest absolute Gasteiger partial charge is 0.396 e. The molecule has 0 heterocycles. The molecular formula is C31H46O3. The predicted octanol–water partition coefficient (Wildman–Crippen LogP) is 6.55. The molecule has 0 amide bonds. The topological polar surface area (TPSA) is 54.4 Å². The molecule has 0 bridgehead atoms. The zero-order chi connectivity index (χ0) is 24.9. The van der Waals surface area contributed by atoms with Crippen LogP contribution in [0.1, 0.15) is 92.9 Å². The second kappa shape index (κ2) is 7.40. The van der Waals surface area contributed by atoms with Crippen LogP contribution in [0.4, 0.5) is 0 Å². The van der Waals surface area contributed by atoms with E-state index < -0.39 is 5.41 Å². The van der Waals surface area contributed by atoms with E-state index in [1.54, 1.807) is 0 Å². The molecule has 9 atom stereocenters. The molecule has 9 unspecified atom stereocenters. The minimum atomic E-state index is -0.492. The van der Waals surface area contributed by atoms with Crippen molar-refractivity contribution in [3.05, 3.63) is 23.8 Å². The average molecular weight is 467 g/mol. The molecule has 34 heavy (non-hydrogen) atoms. The molecule has 1 N–H and O–H groups in total. The van der Waals surface area contributed by atoms with Crippen LogP contribution in [0.15, 0.2) is 23.8 Å². The van der Waals surface area contributed by atoms with Crippen LogP contribution in [0, 0.1) is 56.7 Å². The van der Waals surface area contributed by atoms with Crippen molar-refractivity contribution < 1.29 is 14.7 Å². The number of aliphatic hydroxyl groups is 1. The maximum atomic E-state index is 13.2. The molecule has 0 aliphatic heterocycles. The highest BCUT2D eigenvalue weighted by molar-refractivity contribution is 6.15. The molecule has 3 heteroatoms. The van der Waals surface area contributed by atoms with Crippen molar-refractivity contribution in [2.45, 2.75) is 92.9 Å². The zero-order valence-electron chi connectivity index (χ0n) is 22.4. The van der Waals surface area contributed by atoms with E-state index in [1.807, 2.05) is 0 Å². The SMILES string of the molecule is C=C(C)C1CCC2(CO)CCC3(C)C(CCC4C5(C)C=C(C=O)C(=O)C(C)(C)C5CCC43C)C12. The molecule has 0 spiro atoms. The molecule has 4 saturated carbocycles. The van der Waals surface area contributed by atoms with Gasteiger partial charge in [0.1, 0.15) is 0 Å². The smallest absolute Gasteiger partial charge is 0.171 e. The number of allylic oxidation sites excluding steroid dienone is 3. The average Bonchev–Trinajstić information content (AvgIpc) is 3.17. The summed E-state index contributed by atoms with van der Waals surface area (Å²) in [6, 6.07) is 0. The van der Waals surface area contributed by atoms with Crippen LogP contribution in [-0.4, -0.2) is 23.8 Å². The standard InChI is InChI=1S/C31H46O3/c1-19(2)21-10-13-31(18-33)15-14-29(6)22(25(21)31)8-9-24-28(5)16-20(17-32)26(34)27(3,4)23(28)11-12-30(24,29)7/h16-17,21-25,33H,1,8-15,18H2,2-7H3. The number of carbonyl (C=O) groups excluding carboxylic acids is 2. The first-order chi connectivity index (χ1) is 15.8. The van der Waals surface area contributed by atoms with Crippen LogP contribution in [-0.2, 0) is 9.59 Å². The number of Topliss-reactive ketones (excluding diaryl/α,β-unsaturated/α-hetero) is 1. The van der Waals surface area contributed by atoms with Crippen molar-refractivity contribution in [2.75, 3.05) is 6.61 Å². The Balaban J connectivity index is 1.60. The fourth-order valence-corrected chi connectivity index (χ4v) is 11.2.